The molecule has 5 heteroatoms. The number of nitrogens with zero attached hydrogens (tertiary/aromatic N) is 2. The Morgan fingerprint density at radius 3 is 2.45 bits per heavy atom. The van der Waals surface area contributed by atoms with Crippen LogP contribution >= 0.6 is 38.5 Å². The smallest absolute Gasteiger partial charge is 0.116 e. The standard InChI is InChI=1S/C15H11BrIN3/c16-12-3-1-2-4-14(12)20-9-13(18)15(19-20)10-5-7-11(17)8-6-10/h1-9H,18H2. The molecule has 3 aromatic rings. The summed E-state index contributed by atoms with van der Waals surface area (Å²) in [7, 11) is 0. The molecular formula is C15H11BrIN3. The molecule has 0 aliphatic rings. The molecule has 100 valence electrons. The summed E-state index contributed by atoms with van der Waals surface area (Å²) in [5.41, 5.74) is 9.56. The minimum absolute atomic E-state index is 0.668. The van der Waals surface area contributed by atoms with Crippen molar-refractivity contribution in [2.45, 2.75) is 0 Å². The van der Waals surface area contributed by atoms with E-state index < -0.39 is 0 Å². The summed E-state index contributed by atoms with van der Waals surface area (Å²) >= 11 is 5.81. The molecule has 0 atom stereocenters. The molecule has 0 bridgehead atoms. The van der Waals surface area contributed by atoms with Crippen LogP contribution in [0.2, 0.25) is 0 Å². The van der Waals surface area contributed by atoms with Gasteiger partial charge in [-0.05, 0) is 62.8 Å². The SMILES string of the molecule is Nc1cn(-c2ccccc2Br)nc1-c1ccc(I)cc1. The van der Waals surface area contributed by atoms with Crippen LogP contribution in [0.25, 0.3) is 16.9 Å². The summed E-state index contributed by atoms with van der Waals surface area (Å²) in [6, 6.07) is 16.1. The summed E-state index contributed by atoms with van der Waals surface area (Å²) in [6.07, 6.45) is 1.84. The number of nitrogens with two attached hydrogens (primary N) is 1. The highest BCUT2D eigenvalue weighted by atomic mass is 127. The van der Waals surface area contributed by atoms with E-state index in [0.29, 0.717) is 5.69 Å². The Morgan fingerprint density at radius 2 is 1.75 bits per heavy atom. The number of para-hydroxylation sites is 1. The Balaban J connectivity index is 2.08. The van der Waals surface area contributed by atoms with E-state index in [0.717, 1.165) is 21.4 Å². The summed E-state index contributed by atoms with van der Waals surface area (Å²) in [4.78, 5) is 0. The van der Waals surface area contributed by atoms with Crippen molar-refractivity contribution in [1.29, 1.82) is 0 Å². The Morgan fingerprint density at radius 1 is 1.05 bits per heavy atom. The van der Waals surface area contributed by atoms with Crippen molar-refractivity contribution in [3.05, 3.63) is 62.8 Å². The number of aromatic nitrogens is 2. The molecular weight excluding hydrogens is 429 g/mol. The highest BCUT2D eigenvalue weighted by Gasteiger charge is 2.11. The van der Waals surface area contributed by atoms with Crippen molar-refractivity contribution < 1.29 is 0 Å². The van der Waals surface area contributed by atoms with Gasteiger partial charge in [0, 0.05) is 13.6 Å². The van der Waals surface area contributed by atoms with Gasteiger partial charge in [0.1, 0.15) is 5.69 Å². The summed E-state index contributed by atoms with van der Waals surface area (Å²) in [5, 5.41) is 4.60. The van der Waals surface area contributed by atoms with Crippen LogP contribution in [0.4, 0.5) is 5.69 Å². The van der Waals surface area contributed by atoms with Crippen LogP contribution in [0.1, 0.15) is 0 Å². The van der Waals surface area contributed by atoms with Gasteiger partial charge in [-0.15, -0.1) is 0 Å². The predicted octanol–water partition coefficient (Wildman–Crippen LogP) is 4.49. The fraction of sp³-hybridized carbons (Fsp3) is 0. The zero-order valence-corrected chi connectivity index (χ0v) is 14.2. The lowest BCUT2D eigenvalue weighted by Gasteiger charge is -2.03. The summed E-state index contributed by atoms with van der Waals surface area (Å²) in [5.74, 6) is 0. The van der Waals surface area contributed by atoms with Gasteiger partial charge in [-0.3, -0.25) is 0 Å². The molecule has 0 aliphatic carbocycles. The van der Waals surface area contributed by atoms with E-state index in [2.05, 4.69) is 43.6 Å². The van der Waals surface area contributed by atoms with Gasteiger partial charge < -0.3 is 5.73 Å². The third kappa shape index (κ3) is 2.60. The zero-order valence-electron chi connectivity index (χ0n) is 10.4. The van der Waals surface area contributed by atoms with Gasteiger partial charge in [0.15, 0.2) is 0 Å². The van der Waals surface area contributed by atoms with Gasteiger partial charge in [-0.25, -0.2) is 4.68 Å². The fourth-order valence-electron chi connectivity index (χ4n) is 1.98. The number of nitrogen functional groups attached to an aromatic ring is 1. The molecule has 0 amide bonds. The molecule has 2 aromatic carbocycles. The van der Waals surface area contributed by atoms with E-state index in [1.807, 2.05) is 54.7 Å². The van der Waals surface area contributed by atoms with Crippen LogP contribution in [0.15, 0.2) is 59.2 Å². The molecule has 0 aliphatic heterocycles. The van der Waals surface area contributed by atoms with Crippen LogP contribution in [-0.2, 0) is 0 Å². The first-order valence-electron chi connectivity index (χ1n) is 6.01. The lowest BCUT2D eigenvalue weighted by atomic mass is 10.1. The van der Waals surface area contributed by atoms with Crippen LogP contribution in [-0.4, -0.2) is 9.78 Å². The summed E-state index contributed by atoms with van der Waals surface area (Å²) < 4.78 is 3.97. The first-order valence-corrected chi connectivity index (χ1v) is 7.88. The molecule has 0 unspecified atom stereocenters. The zero-order chi connectivity index (χ0) is 14.1. The summed E-state index contributed by atoms with van der Waals surface area (Å²) in [6.45, 7) is 0. The molecule has 0 radical (unpaired) electrons. The topological polar surface area (TPSA) is 43.8 Å². The highest BCUT2D eigenvalue weighted by molar-refractivity contribution is 14.1. The first kappa shape index (κ1) is 13.6. The molecule has 1 heterocycles. The third-order valence-electron chi connectivity index (χ3n) is 2.96. The molecule has 1 aromatic heterocycles. The maximum Gasteiger partial charge on any atom is 0.116 e. The lowest BCUT2D eigenvalue weighted by molar-refractivity contribution is 0.880. The molecule has 3 rings (SSSR count). The average molecular weight is 440 g/mol. The Kier molecular flexibility index (Phi) is 3.80. The highest BCUT2D eigenvalue weighted by Crippen LogP contribution is 2.28. The number of hydrogen-bond donors (Lipinski definition) is 1. The van der Waals surface area contributed by atoms with E-state index >= 15 is 0 Å². The normalized spacial score (nSPS) is 10.7. The maximum atomic E-state index is 6.10. The fourth-order valence-corrected chi connectivity index (χ4v) is 2.81. The van der Waals surface area contributed by atoms with Crippen LogP contribution in [0.3, 0.4) is 0 Å². The third-order valence-corrected chi connectivity index (χ3v) is 4.35. The van der Waals surface area contributed by atoms with Gasteiger partial charge in [-0.1, -0.05) is 24.3 Å². The van der Waals surface area contributed by atoms with Gasteiger partial charge >= 0.3 is 0 Å². The van der Waals surface area contributed by atoms with E-state index in [1.54, 1.807) is 4.68 Å². The maximum absolute atomic E-state index is 6.10. The second-order valence-corrected chi connectivity index (χ2v) is 6.44. The Hall–Kier alpha value is -1.34. The molecule has 3 nitrogen and oxygen atoms in total. The molecule has 2 N–H and O–H groups in total. The van der Waals surface area contributed by atoms with Crippen LogP contribution < -0.4 is 5.73 Å². The first-order chi connectivity index (χ1) is 9.65. The second-order valence-electron chi connectivity index (χ2n) is 4.34. The van der Waals surface area contributed by atoms with Crippen molar-refractivity contribution in [1.82, 2.24) is 9.78 Å². The average Bonchev–Trinajstić information content (AvgIpc) is 2.82. The largest absolute Gasteiger partial charge is 0.396 e. The van der Waals surface area contributed by atoms with E-state index in [4.69, 9.17) is 5.73 Å². The Bertz CT molecular complexity index is 750. The van der Waals surface area contributed by atoms with Crippen molar-refractivity contribution in [2.24, 2.45) is 0 Å². The lowest BCUT2D eigenvalue weighted by Crippen LogP contribution is -1.95. The Labute approximate surface area is 139 Å². The molecule has 0 saturated heterocycles. The van der Waals surface area contributed by atoms with E-state index in [-0.39, 0.29) is 0 Å². The minimum atomic E-state index is 0.668. The van der Waals surface area contributed by atoms with Gasteiger partial charge in [-0.2, -0.15) is 5.10 Å². The quantitative estimate of drug-likeness (QED) is 0.598. The number of rotatable bonds is 2. The monoisotopic (exact) mass is 439 g/mol. The van der Waals surface area contributed by atoms with Gasteiger partial charge in [0.25, 0.3) is 0 Å². The van der Waals surface area contributed by atoms with Crippen LogP contribution in [0.5, 0.6) is 0 Å². The second kappa shape index (κ2) is 5.57. The van der Waals surface area contributed by atoms with Crippen molar-refractivity contribution >= 4 is 44.2 Å². The van der Waals surface area contributed by atoms with Crippen molar-refractivity contribution in [2.75, 3.05) is 5.73 Å². The van der Waals surface area contributed by atoms with Crippen molar-refractivity contribution in [3.8, 4) is 16.9 Å². The van der Waals surface area contributed by atoms with Crippen LogP contribution in [0, 0.1) is 3.57 Å². The number of hydrogen-bond acceptors (Lipinski definition) is 2. The van der Waals surface area contributed by atoms with E-state index in [9.17, 15) is 0 Å². The van der Waals surface area contributed by atoms with E-state index in [1.165, 1.54) is 3.57 Å². The number of benzene rings is 2. The molecule has 0 fully saturated rings. The van der Waals surface area contributed by atoms with Gasteiger partial charge in [0.2, 0.25) is 0 Å². The molecule has 0 spiro atoms. The minimum Gasteiger partial charge on any atom is -0.396 e. The van der Waals surface area contributed by atoms with Crippen molar-refractivity contribution in [3.63, 3.8) is 0 Å². The predicted molar refractivity (Wildman–Crippen MR) is 93.8 cm³/mol. The molecule has 20 heavy (non-hydrogen) atoms. The number of anilines is 1. The number of halogens is 2. The van der Waals surface area contributed by atoms with Gasteiger partial charge in [0.05, 0.1) is 17.6 Å². The molecule has 0 saturated carbocycles.